The lowest BCUT2D eigenvalue weighted by molar-refractivity contribution is 0.273. The number of rotatable bonds is 3. The molecule has 0 aliphatic carbocycles. The summed E-state index contributed by atoms with van der Waals surface area (Å²) in [6.07, 6.45) is 1.76. The molecule has 1 aromatic heterocycles. The van der Waals surface area contributed by atoms with Gasteiger partial charge in [-0.3, -0.25) is 4.98 Å². The fourth-order valence-corrected chi connectivity index (χ4v) is 2.11. The highest BCUT2D eigenvalue weighted by molar-refractivity contribution is 6.33. The van der Waals surface area contributed by atoms with E-state index < -0.39 is 0 Å². The lowest BCUT2D eigenvalue weighted by atomic mass is 9.97. The van der Waals surface area contributed by atoms with Gasteiger partial charge >= 0.3 is 0 Å². The third kappa shape index (κ3) is 2.55. The molecule has 0 fully saturated rings. The van der Waals surface area contributed by atoms with Crippen molar-refractivity contribution in [3.05, 3.63) is 52.7 Å². The van der Waals surface area contributed by atoms with E-state index in [-0.39, 0.29) is 12.5 Å². The van der Waals surface area contributed by atoms with Crippen molar-refractivity contribution < 1.29 is 5.11 Å². The Kier molecular flexibility index (Phi) is 4.00. The normalized spacial score (nSPS) is 12.4. The number of aliphatic hydroxyl groups excluding tert-OH is 1. The van der Waals surface area contributed by atoms with Gasteiger partial charge in [0.25, 0.3) is 0 Å². The molecule has 0 unspecified atom stereocenters. The van der Waals surface area contributed by atoms with E-state index in [9.17, 15) is 5.11 Å². The predicted octanol–water partition coefficient (Wildman–Crippen LogP) is 3.81. The maximum absolute atomic E-state index is 9.22. The van der Waals surface area contributed by atoms with Gasteiger partial charge in [0.2, 0.25) is 0 Å². The van der Waals surface area contributed by atoms with Gasteiger partial charge in [0.15, 0.2) is 0 Å². The first-order valence-corrected chi connectivity index (χ1v) is 6.33. The molecule has 94 valence electrons. The van der Waals surface area contributed by atoms with Crippen LogP contribution in [0.1, 0.15) is 24.0 Å². The van der Waals surface area contributed by atoms with Gasteiger partial charge in [-0.1, -0.05) is 30.7 Å². The highest BCUT2D eigenvalue weighted by atomic mass is 35.5. The number of aliphatic hydroxyl groups is 1. The molecule has 0 aliphatic heterocycles. The second-order valence-corrected chi connectivity index (χ2v) is 4.90. The van der Waals surface area contributed by atoms with Crippen LogP contribution in [-0.2, 0) is 0 Å². The first kappa shape index (κ1) is 13.1. The van der Waals surface area contributed by atoms with E-state index in [4.69, 9.17) is 11.6 Å². The van der Waals surface area contributed by atoms with E-state index in [0.717, 1.165) is 22.4 Å². The smallest absolute Gasteiger partial charge is 0.0746 e. The molecule has 1 aromatic carbocycles. The molecule has 2 rings (SSSR count). The monoisotopic (exact) mass is 261 g/mol. The summed E-state index contributed by atoms with van der Waals surface area (Å²) < 4.78 is 0. The molecule has 1 heterocycles. The van der Waals surface area contributed by atoms with E-state index in [2.05, 4.69) is 4.98 Å². The molecule has 0 spiro atoms. The van der Waals surface area contributed by atoms with Gasteiger partial charge in [0.05, 0.1) is 5.69 Å². The van der Waals surface area contributed by atoms with Crippen LogP contribution in [0.2, 0.25) is 5.02 Å². The number of pyridine rings is 1. The molecule has 1 atom stereocenters. The Labute approximate surface area is 112 Å². The average molecular weight is 262 g/mol. The van der Waals surface area contributed by atoms with Gasteiger partial charge in [0, 0.05) is 29.3 Å². The summed E-state index contributed by atoms with van der Waals surface area (Å²) in [5.41, 5.74) is 3.98. The molecule has 0 bridgehead atoms. The molecule has 1 N–H and O–H groups in total. The molecular weight excluding hydrogens is 246 g/mol. The largest absolute Gasteiger partial charge is 0.396 e. The minimum absolute atomic E-state index is 0.102. The minimum Gasteiger partial charge on any atom is -0.396 e. The van der Waals surface area contributed by atoms with Crippen LogP contribution in [0.15, 0.2) is 36.5 Å². The van der Waals surface area contributed by atoms with Crippen molar-refractivity contribution in [1.82, 2.24) is 4.98 Å². The highest BCUT2D eigenvalue weighted by Gasteiger charge is 2.11. The van der Waals surface area contributed by atoms with Crippen molar-refractivity contribution >= 4 is 11.6 Å². The minimum atomic E-state index is 0.102. The van der Waals surface area contributed by atoms with Crippen LogP contribution in [0.3, 0.4) is 0 Å². The lowest BCUT2D eigenvalue weighted by Gasteiger charge is -2.12. The number of hydrogen-bond acceptors (Lipinski definition) is 2. The van der Waals surface area contributed by atoms with Crippen molar-refractivity contribution in [2.75, 3.05) is 6.61 Å². The summed E-state index contributed by atoms with van der Waals surface area (Å²) in [5, 5.41) is 9.91. The zero-order valence-electron chi connectivity index (χ0n) is 10.5. The first-order chi connectivity index (χ1) is 8.63. The second kappa shape index (κ2) is 5.51. The molecule has 0 saturated heterocycles. The molecular formula is C15H16ClNO. The van der Waals surface area contributed by atoms with Crippen molar-refractivity contribution in [2.24, 2.45) is 0 Å². The fourth-order valence-electron chi connectivity index (χ4n) is 1.90. The number of benzene rings is 1. The number of halogens is 1. The Hall–Kier alpha value is -1.38. The number of aromatic nitrogens is 1. The SMILES string of the molecule is Cc1cccnc1-c1cc([C@H](C)CO)ccc1Cl. The molecule has 0 radical (unpaired) electrons. The Balaban J connectivity index is 2.54. The Morgan fingerprint density at radius 2 is 2.11 bits per heavy atom. The maximum atomic E-state index is 9.22. The van der Waals surface area contributed by atoms with E-state index >= 15 is 0 Å². The van der Waals surface area contributed by atoms with Crippen molar-refractivity contribution in [3.63, 3.8) is 0 Å². The van der Waals surface area contributed by atoms with E-state index in [0.29, 0.717) is 5.02 Å². The molecule has 18 heavy (non-hydrogen) atoms. The summed E-state index contributed by atoms with van der Waals surface area (Å²) >= 11 is 6.25. The molecule has 0 amide bonds. The lowest BCUT2D eigenvalue weighted by Crippen LogP contribution is -1.99. The van der Waals surface area contributed by atoms with Crippen molar-refractivity contribution in [1.29, 1.82) is 0 Å². The number of nitrogens with zero attached hydrogens (tertiary/aromatic N) is 1. The summed E-state index contributed by atoms with van der Waals surface area (Å²) in [5.74, 6) is 0.102. The third-order valence-electron chi connectivity index (χ3n) is 3.10. The van der Waals surface area contributed by atoms with E-state index in [1.54, 1.807) is 6.20 Å². The maximum Gasteiger partial charge on any atom is 0.0746 e. The molecule has 2 aromatic rings. The fraction of sp³-hybridized carbons (Fsp3) is 0.267. The molecule has 3 heteroatoms. The first-order valence-electron chi connectivity index (χ1n) is 5.95. The molecule has 2 nitrogen and oxygen atoms in total. The van der Waals surface area contributed by atoms with Crippen LogP contribution in [0, 0.1) is 6.92 Å². The van der Waals surface area contributed by atoms with Crippen LogP contribution in [0.5, 0.6) is 0 Å². The van der Waals surface area contributed by atoms with Crippen molar-refractivity contribution in [2.45, 2.75) is 19.8 Å². The van der Waals surface area contributed by atoms with E-state index in [1.165, 1.54) is 0 Å². The van der Waals surface area contributed by atoms with Crippen LogP contribution in [-0.4, -0.2) is 16.7 Å². The van der Waals surface area contributed by atoms with Crippen LogP contribution in [0.4, 0.5) is 0 Å². The number of hydrogen-bond donors (Lipinski definition) is 1. The number of aryl methyl sites for hydroxylation is 1. The summed E-state index contributed by atoms with van der Waals surface area (Å²) in [6, 6.07) is 9.75. The Morgan fingerprint density at radius 1 is 1.33 bits per heavy atom. The van der Waals surface area contributed by atoms with Crippen LogP contribution < -0.4 is 0 Å². The Bertz CT molecular complexity index is 554. The summed E-state index contributed by atoms with van der Waals surface area (Å²) in [7, 11) is 0. The van der Waals surface area contributed by atoms with Crippen LogP contribution >= 0.6 is 11.6 Å². The average Bonchev–Trinajstić information content (AvgIpc) is 2.39. The van der Waals surface area contributed by atoms with Gasteiger partial charge < -0.3 is 5.11 Å². The molecule has 0 saturated carbocycles. The van der Waals surface area contributed by atoms with Crippen molar-refractivity contribution in [3.8, 4) is 11.3 Å². The van der Waals surface area contributed by atoms with Crippen LogP contribution in [0.25, 0.3) is 11.3 Å². The second-order valence-electron chi connectivity index (χ2n) is 4.49. The standard InChI is InChI=1S/C15H16ClNO/c1-10-4-3-7-17-15(10)13-8-12(11(2)9-18)5-6-14(13)16/h3-8,11,18H,9H2,1-2H3/t11-/m1/s1. The van der Waals surface area contributed by atoms with Gasteiger partial charge in [-0.15, -0.1) is 0 Å². The Morgan fingerprint density at radius 3 is 2.78 bits per heavy atom. The topological polar surface area (TPSA) is 33.1 Å². The highest BCUT2D eigenvalue weighted by Crippen LogP contribution is 2.31. The summed E-state index contributed by atoms with van der Waals surface area (Å²) in [4.78, 5) is 4.39. The molecule has 0 aliphatic rings. The van der Waals surface area contributed by atoms with Gasteiger partial charge in [-0.05, 0) is 36.2 Å². The summed E-state index contributed by atoms with van der Waals surface area (Å²) in [6.45, 7) is 4.13. The predicted molar refractivity (Wildman–Crippen MR) is 74.9 cm³/mol. The van der Waals surface area contributed by atoms with Gasteiger partial charge in [-0.2, -0.15) is 0 Å². The zero-order chi connectivity index (χ0) is 13.1. The van der Waals surface area contributed by atoms with E-state index in [1.807, 2.05) is 44.2 Å². The van der Waals surface area contributed by atoms with Gasteiger partial charge in [0.1, 0.15) is 0 Å². The third-order valence-corrected chi connectivity index (χ3v) is 3.43. The zero-order valence-corrected chi connectivity index (χ0v) is 11.3. The van der Waals surface area contributed by atoms with Gasteiger partial charge in [-0.25, -0.2) is 0 Å². The quantitative estimate of drug-likeness (QED) is 0.912.